The minimum Gasteiger partial charge on any atom is -0.450 e. The van der Waals surface area contributed by atoms with Crippen molar-refractivity contribution in [2.45, 2.75) is 39.7 Å². The highest BCUT2D eigenvalue weighted by molar-refractivity contribution is 5.99. The van der Waals surface area contributed by atoms with Crippen molar-refractivity contribution in [1.82, 2.24) is 5.32 Å². The number of aryl methyl sites for hydroxylation is 2. The Morgan fingerprint density at radius 1 is 1.04 bits per heavy atom. The number of nitrogens with one attached hydrogen (secondary N) is 1. The van der Waals surface area contributed by atoms with Crippen LogP contribution >= 0.6 is 0 Å². The molecule has 0 saturated heterocycles. The van der Waals surface area contributed by atoms with Crippen LogP contribution in [0.2, 0.25) is 0 Å². The topological polar surface area (TPSA) is 59.3 Å². The van der Waals surface area contributed by atoms with Crippen molar-refractivity contribution in [3.8, 4) is 0 Å². The van der Waals surface area contributed by atoms with Crippen LogP contribution in [0.5, 0.6) is 0 Å². The van der Waals surface area contributed by atoms with E-state index in [1.807, 2.05) is 50.2 Å². The molecule has 1 atom stereocenters. The summed E-state index contributed by atoms with van der Waals surface area (Å²) in [6, 6.07) is 11.3. The maximum absolute atomic E-state index is 13.2. The van der Waals surface area contributed by atoms with Gasteiger partial charge in [-0.25, -0.2) is 0 Å². The highest BCUT2D eigenvalue weighted by Crippen LogP contribution is 2.32. The van der Waals surface area contributed by atoms with E-state index < -0.39 is 6.04 Å². The average Bonchev–Trinajstić information content (AvgIpc) is 2.93. The van der Waals surface area contributed by atoms with Crippen LogP contribution in [0.3, 0.4) is 0 Å². The van der Waals surface area contributed by atoms with E-state index in [4.69, 9.17) is 4.42 Å². The van der Waals surface area contributed by atoms with Gasteiger partial charge in [-0.1, -0.05) is 44.2 Å². The van der Waals surface area contributed by atoms with Gasteiger partial charge in [-0.2, -0.15) is 0 Å². The fourth-order valence-electron chi connectivity index (χ4n) is 3.69. The number of hydrogen-bond acceptors (Lipinski definition) is 3. The molecule has 1 unspecified atom stereocenters. The van der Waals surface area contributed by atoms with Gasteiger partial charge in [0, 0.05) is 0 Å². The summed E-state index contributed by atoms with van der Waals surface area (Å²) in [7, 11) is 0. The molecule has 0 bridgehead atoms. The van der Waals surface area contributed by atoms with Crippen LogP contribution < -0.4 is 10.7 Å². The highest BCUT2D eigenvalue weighted by atomic mass is 16.3. The SMILES string of the molecule is Cc1cc(C)c2oc3c(c(=O)c2c1)C(c1ccc(C(C)C)cc1)NC3=O. The van der Waals surface area contributed by atoms with Crippen molar-refractivity contribution < 1.29 is 9.21 Å². The summed E-state index contributed by atoms with van der Waals surface area (Å²) in [5, 5.41) is 3.43. The molecule has 2 aromatic carbocycles. The third kappa shape index (κ3) is 2.45. The molecule has 1 aliphatic heterocycles. The molecule has 4 nitrogen and oxygen atoms in total. The van der Waals surface area contributed by atoms with E-state index in [0.29, 0.717) is 22.5 Å². The fourth-order valence-corrected chi connectivity index (χ4v) is 3.69. The monoisotopic (exact) mass is 347 g/mol. The third-order valence-corrected chi connectivity index (χ3v) is 5.06. The molecule has 1 N–H and O–H groups in total. The fraction of sp³-hybridized carbons (Fsp3) is 0.273. The second-order valence-corrected chi connectivity index (χ2v) is 7.36. The van der Waals surface area contributed by atoms with Crippen LogP contribution in [-0.2, 0) is 0 Å². The van der Waals surface area contributed by atoms with E-state index in [1.54, 1.807) is 0 Å². The summed E-state index contributed by atoms with van der Waals surface area (Å²) in [4.78, 5) is 25.6. The van der Waals surface area contributed by atoms with Gasteiger partial charge in [-0.05, 0) is 48.1 Å². The lowest BCUT2D eigenvalue weighted by molar-refractivity contribution is 0.0938. The van der Waals surface area contributed by atoms with Crippen LogP contribution in [0.1, 0.15) is 64.2 Å². The maximum atomic E-state index is 13.2. The van der Waals surface area contributed by atoms with Crippen molar-refractivity contribution in [1.29, 1.82) is 0 Å². The van der Waals surface area contributed by atoms with Crippen molar-refractivity contribution in [3.05, 3.63) is 80.2 Å². The van der Waals surface area contributed by atoms with Crippen molar-refractivity contribution >= 4 is 16.9 Å². The van der Waals surface area contributed by atoms with Gasteiger partial charge in [-0.3, -0.25) is 9.59 Å². The minimum absolute atomic E-state index is 0.132. The highest BCUT2D eigenvalue weighted by Gasteiger charge is 2.36. The number of carbonyl (C=O) groups excluding carboxylic acids is 1. The predicted molar refractivity (Wildman–Crippen MR) is 102 cm³/mol. The Labute approximate surface area is 151 Å². The van der Waals surface area contributed by atoms with E-state index in [-0.39, 0.29) is 17.1 Å². The van der Waals surface area contributed by atoms with E-state index >= 15 is 0 Å². The summed E-state index contributed by atoms with van der Waals surface area (Å²) >= 11 is 0. The number of hydrogen-bond donors (Lipinski definition) is 1. The van der Waals surface area contributed by atoms with E-state index in [9.17, 15) is 9.59 Å². The Kier molecular flexibility index (Phi) is 3.72. The molecule has 0 saturated carbocycles. The first-order chi connectivity index (χ1) is 12.4. The molecule has 132 valence electrons. The van der Waals surface area contributed by atoms with Crippen molar-refractivity contribution in [3.63, 3.8) is 0 Å². The second-order valence-electron chi connectivity index (χ2n) is 7.36. The standard InChI is InChI=1S/C22H21NO3/c1-11(2)14-5-7-15(8-6-14)18-17-19(24)16-10-12(3)9-13(4)20(16)26-21(17)22(25)23-18/h5-11,18H,1-4H3,(H,23,25). The first kappa shape index (κ1) is 16.6. The molecule has 1 aliphatic rings. The molecule has 0 radical (unpaired) electrons. The largest absolute Gasteiger partial charge is 0.450 e. The zero-order valence-corrected chi connectivity index (χ0v) is 15.3. The van der Waals surface area contributed by atoms with Crippen LogP contribution in [-0.4, -0.2) is 5.91 Å². The number of amides is 1. The lowest BCUT2D eigenvalue weighted by atomic mass is 9.95. The predicted octanol–water partition coefficient (Wildman–Crippen LogP) is 4.37. The zero-order valence-electron chi connectivity index (χ0n) is 15.3. The molecule has 4 heteroatoms. The Morgan fingerprint density at radius 3 is 2.38 bits per heavy atom. The second kappa shape index (κ2) is 5.84. The number of benzene rings is 2. The van der Waals surface area contributed by atoms with Crippen molar-refractivity contribution in [2.24, 2.45) is 0 Å². The van der Waals surface area contributed by atoms with Gasteiger partial charge in [0.25, 0.3) is 5.91 Å². The minimum atomic E-state index is -0.472. The molecule has 1 amide bonds. The van der Waals surface area contributed by atoms with E-state index in [2.05, 4.69) is 19.2 Å². The van der Waals surface area contributed by atoms with Gasteiger partial charge in [0.1, 0.15) is 5.58 Å². The van der Waals surface area contributed by atoms with Crippen molar-refractivity contribution in [2.75, 3.05) is 0 Å². The smallest absolute Gasteiger partial charge is 0.288 e. The Bertz CT molecular complexity index is 1090. The number of carbonyl (C=O) groups is 1. The van der Waals surface area contributed by atoms with Crippen LogP contribution in [0, 0.1) is 13.8 Å². The maximum Gasteiger partial charge on any atom is 0.288 e. The first-order valence-electron chi connectivity index (χ1n) is 8.85. The lowest BCUT2D eigenvalue weighted by Crippen LogP contribution is -2.22. The van der Waals surface area contributed by atoms with E-state index in [1.165, 1.54) is 5.56 Å². The first-order valence-corrected chi connectivity index (χ1v) is 8.85. The summed E-state index contributed by atoms with van der Waals surface area (Å²) in [5.74, 6) is 0.221. The number of fused-ring (bicyclic) bond motifs is 2. The summed E-state index contributed by atoms with van der Waals surface area (Å²) in [6.45, 7) is 8.10. The van der Waals surface area contributed by atoms with Gasteiger partial charge in [-0.15, -0.1) is 0 Å². The molecule has 0 fully saturated rings. The Morgan fingerprint density at radius 2 is 1.73 bits per heavy atom. The van der Waals surface area contributed by atoms with E-state index in [0.717, 1.165) is 16.7 Å². The quantitative estimate of drug-likeness (QED) is 0.749. The van der Waals surface area contributed by atoms with Gasteiger partial charge in [0.2, 0.25) is 5.76 Å². The molecular weight excluding hydrogens is 326 g/mol. The molecule has 2 heterocycles. The molecule has 26 heavy (non-hydrogen) atoms. The van der Waals surface area contributed by atoms with Crippen LogP contribution in [0.4, 0.5) is 0 Å². The van der Waals surface area contributed by atoms with Crippen LogP contribution in [0.25, 0.3) is 11.0 Å². The summed E-state index contributed by atoms with van der Waals surface area (Å²) in [5.41, 5.74) is 4.72. The third-order valence-electron chi connectivity index (χ3n) is 5.06. The number of rotatable bonds is 2. The molecular formula is C22H21NO3. The van der Waals surface area contributed by atoms with Crippen LogP contribution in [0.15, 0.2) is 45.6 Å². The normalized spacial score (nSPS) is 16.2. The molecule has 0 spiro atoms. The Balaban J connectivity index is 1.93. The summed E-state index contributed by atoms with van der Waals surface area (Å²) < 4.78 is 5.88. The summed E-state index contributed by atoms with van der Waals surface area (Å²) in [6.07, 6.45) is 0. The zero-order chi connectivity index (χ0) is 18.6. The molecule has 3 aromatic rings. The van der Waals surface area contributed by atoms with Gasteiger partial charge in [0.15, 0.2) is 5.43 Å². The molecule has 0 aliphatic carbocycles. The van der Waals surface area contributed by atoms with Gasteiger partial charge >= 0.3 is 0 Å². The van der Waals surface area contributed by atoms with Gasteiger partial charge < -0.3 is 9.73 Å². The molecule has 1 aromatic heterocycles. The lowest BCUT2D eigenvalue weighted by Gasteiger charge is -2.13. The molecule has 4 rings (SSSR count). The Hall–Kier alpha value is -2.88. The van der Waals surface area contributed by atoms with Gasteiger partial charge in [0.05, 0.1) is 17.0 Å². The average molecular weight is 347 g/mol.